The normalized spacial score (nSPS) is 16.3. The van der Waals surface area contributed by atoms with Crippen molar-refractivity contribution in [2.45, 2.75) is 165 Å². The van der Waals surface area contributed by atoms with Crippen molar-refractivity contribution < 1.29 is 27.3 Å². The minimum atomic E-state index is -4.28. The monoisotopic (exact) mass is 823 g/mol. The van der Waals surface area contributed by atoms with E-state index in [1.165, 1.54) is 25.7 Å². The van der Waals surface area contributed by atoms with Gasteiger partial charge < -0.3 is 13.4 Å². The number of aromatic nitrogens is 1. The molecule has 13 heteroatoms. The molecule has 1 atom stereocenters. The molecule has 308 valence electrons. The van der Waals surface area contributed by atoms with Crippen LogP contribution in [-0.2, 0) is 30.4 Å². The van der Waals surface area contributed by atoms with Crippen LogP contribution in [0.3, 0.4) is 0 Å². The van der Waals surface area contributed by atoms with Crippen molar-refractivity contribution in [1.82, 2.24) is 8.95 Å². The molecule has 0 spiro atoms. The van der Waals surface area contributed by atoms with Crippen LogP contribution in [0.5, 0.6) is 0 Å². The fraction of sp³-hybridized carbons (Fsp3) is 0.605. The maximum Gasteiger partial charge on any atom is 0.324 e. The maximum absolute atomic E-state index is 13.7. The first-order valence-corrected chi connectivity index (χ1v) is 26.8. The van der Waals surface area contributed by atoms with Gasteiger partial charge in [0.1, 0.15) is 11.6 Å². The summed E-state index contributed by atoms with van der Waals surface area (Å²) >= 11 is 0. The molecule has 1 aromatic heterocycles. The Morgan fingerprint density at radius 3 is 2.00 bits per heavy atom. The standard InChI is InChI=1S/C43H65N3O7SSi2/c1-31(2)56(32(3)4,33(5)6)45-30-35(29-38(41(47)52-10)44-54(50,51)37-23-21-36(22-24-37)46(48)49)40-34(19-18-20-39(40)45)25-28-43(26-16-14-13-15-17-27-43)53-55(11,12)42(7,8)9/h18-24,30-33,38,44H,13-17,26-27,29H2,1-12H3/t38-/m0/s1. The molecule has 2 aromatic carbocycles. The molecular formula is C43H65N3O7SSi2. The van der Waals surface area contributed by atoms with Crippen molar-refractivity contribution in [3.63, 3.8) is 0 Å². The van der Waals surface area contributed by atoms with Crippen molar-refractivity contribution in [1.29, 1.82) is 0 Å². The highest BCUT2D eigenvalue weighted by Gasteiger charge is 2.47. The van der Waals surface area contributed by atoms with E-state index in [4.69, 9.17) is 9.16 Å². The highest BCUT2D eigenvalue weighted by atomic mass is 32.2. The Morgan fingerprint density at radius 2 is 1.50 bits per heavy atom. The second-order valence-corrected chi connectivity index (χ2v) is 30.3. The van der Waals surface area contributed by atoms with E-state index in [0.717, 1.165) is 72.7 Å². The number of hydrogen-bond donors (Lipinski definition) is 1. The van der Waals surface area contributed by atoms with Gasteiger partial charge in [-0.25, -0.2) is 8.42 Å². The van der Waals surface area contributed by atoms with Crippen LogP contribution in [0.15, 0.2) is 53.6 Å². The number of carbonyl (C=O) groups is 1. The highest BCUT2D eigenvalue weighted by Crippen LogP contribution is 2.46. The number of nitro groups is 1. The number of nitrogens with one attached hydrogen (secondary N) is 1. The molecule has 0 saturated heterocycles. The highest BCUT2D eigenvalue weighted by molar-refractivity contribution is 7.89. The predicted octanol–water partition coefficient (Wildman–Crippen LogP) is 10.5. The van der Waals surface area contributed by atoms with Crippen molar-refractivity contribution in [2.75, 3.05) is 7.11 Å². The van der Waals surface area contributed by atoms with Gasteiger partial charge in [-0.1, -0.05) is 99.5 Å². The Hall–Kier alpha value is -3.29. The smallest absolute Gasteiger partial charge is 0.324 e. The number of hydrogen-bond acceptors (Lipinski definition) is 7. The molecular weight excluding hydrogens is 759 g/mol. The molecule has 0 radical (unpaired) electrons. The van der Waals surface area contributed by atoms with Crippen LogP contribution in [0.2, 0.25) is 34.8 Å². The van der Waals surface area contributed by atoms with Crippen LogP contribution in [0, 0.1) is 22.0 Å². The third-order valence-corrected chi connectivity index (χ3v) is 25.3. The largest absolute Gasteiger partial charge is 0.468 e. The fourth-order valence-corrected chi connectivity index (χ4v) is 18.2. The molecule has 0 bridgehead atoms. The number of methoxy groups -OCH3 is 1. The first-order valence-electron chi connectivity index (χ1n) is 20.2. The summed E-state index contributed by atoms with van der Waals surface area (Å²) in [5.74, 6) is 6.67. The molecule has 0 aliphatic heterocycles. The van der Waals surface area contributed by atoms with Crippen LogP contribution < -0.4 is 4.72 Å². The third kappa shape index (κ3) is 9.52. The molecule has 1 aliphatic carbocycles. The van der Waals surface area contributed by atoms with Gasteiger partial charge in [-0.2, -0.15) is 4.72 Å². The lowest BCUT2D eigenvalue weighted by molar-refractivity contribution is -0.384. The summed E-state index contributed by atoms with van der Waals surface area (Å²) in [7, 11) is -7.63. The Kier molecular flexibility index (Phi) is 14.3. The van der Waals surface area contributed by atoms with E-state index >= 15 is 0 Å². The lowest BCUT2D eigenvalue weighted by atomic mass is 9.87. The molecule has 0 amide bonds. The van der Waals surface area contributed by atoms with Gasteiger partial charge in [0.2, 0.25) is 10.0 Å². The van der Waals surface area contributed by atoms with Gasteiger partial charge in [-0.05, 0) is 96.5 Å². The number of ether oxygens (including phenoxy) is 1. The predicted molar refractivity (Wildman–Crippen MR) is 232 cm³/mol. The Labute approximate surface area is 337 Å². The van der Waals surface area contributed by atoms with Gasteiger partial charge in [-0.15, -0.1) is 0 Å². The van der Waals surface area contributed by atoms with E-state index in [-0.39, 0.29) is 22.0 Å². The Bertz CT molecular complexity index is 2010. The average molecular weight is 824 g/mol. The van der Waals surface area contributed by atoms with Gasteiger partial charge in [0.15, 0.2) is 16.6 Å². The van der Waals surface area contributed by atoms with Crippen LogP contribution in [-0.4, -0.2) is 58.8 Å². The SMILES string of the molecule is COC(=O)[C@H](Cc1cn([Si](C(C)C)(C(C)C)C(C)C)c2cccc(C#CC3(O[Si](C)(C)C(C)(C)C)CCCCCCC3)c12)NS(=O)(=O)c1ccc([N+](=O)[O-])cc1. The number of sulfonamides is 1. The molecule has 56 heavy (non-hydrogen) atoms. The number of nitrogens with zero attached hydrogens (tertiary/aromatic N) is 2. The van der Waals surface area contributed by atoms with Crippen LogP contribution >= 0.6 is 0 Å². The fourth-order valence-electron chi connectivity index (χ4n) is 8.87. The van der Waals surface area contributed by atoms with Crippen molar-refractivity contribution in [3.05, 3.63) is 69.9 Å². The molecule has 1 heterocycles. The number of esters is 1. The second-order valence-electron chi connectivity index (χ2n) is 18.1. The number of non-ortho nitro benzene ring substituents is 1. The minimum Gasteiger partial charge on any atom is -0.468 e. The van der Waals surface area contributed by atoms with Gasteiger partial charge in [0.25, 0.3) is 5.69 Å². The van der Waals surface area contributed by atoms with Crippen LogP contribution in [0.1, 0.15) is 118 Å². The third-order valence-electron chi connectivity index (χ3n) is 12.5. The zero-order valence-electron chi connectivity index (χ0n) is 35.7. The summed E-state index contributed by atoms with van der Waals surface area (Å²) < 4.78 is 45.0. The van der Waals surface area contributed by atoms with E-state index in [9.17, 15) is 23.3 Å². The van der Waals surface area contributed by atoms with Crippen molar-refractivity contribution in [2.24, 2.45) is 0 Å². The van der Waals surface area contributed by atoms with Crippen LogP contribution in [0.4, 0.5) is 5.69 Å². The Morgan fingerprint density at radius 1 is 0.946 bits per heavy atom. The zero-order valence-corrected chi connectivity index (χ0v) is 38.6. The molecule has 1 fully saturated rings. The average Bonchev–Trinajstić information content (AvgIpc) is 3.45. The molecule has 1 N–H and O–H groups in total. The topological polar surface area (TPSA) is 130 Å². The molecule has 3 aromatic rings. The molecule has 0 unspecified atom stereocenters. The van der Waals surface area contributed by atoms with E-state index in [0.29, 0.717) is 16.6 Å². The molecule has 10 nitrogen and oxygen atoms in total. The van der Waals surface area contributed by atoms with E-state index < -0.39 is 49.1 Å². The summed E-state index contributed by atoms with van der Waals surface area (Å²) in [6.07, 6.45) is 9.54. The van der Waals surface area contributed by atoms with E-state index in [1.807, 2.05) is 6.07 Å². The molecule has 1 saturated carbocycles. The number of fused-ring (bicyclic) bond motifs is 1. The van der Waals surface area contributed by atoms with Crippen molar-refractivity contribution >= 4 is 49.1 Å². The summed E-state index contributed by atoms with van der Waals surface area (Å²) in [6, 6.07) is 9.53. The quantitative estimate of drug-likeness (QED) is 0.0597. The van der Waals surface area contributed by atoms with Crippen molar-refractivity contribution in [3.8, 4) is 11.8 Å². The number of nitro benzene ring substituents is 1. The first-order chi connectivity index (χ1) is 26.0. The number of benzene rings is 2. The molecule has 4 rings (SSSR count). The maximum atomic E-state index is 13.7. The number of rotatable bonds is 13. The van der Waals surface area contributed by atoms with E-state index in [2.05, 4.69) is 115 Å². The Balaban J connectivity index is 1.98. The first kappa shape index (κ1) is 45.4. The van der Waals surface area contributed by atoms with E-state index in [1.54, 1.807) is 0 Å². The molecule has 1 aliphatic rings. The van der Waals surface area contributed by atoms with Crippen LogP contribution in [0.25, 0.3) is 10.9 Å². The minimum absolute atomic E-state index is 0.00541. The summed E-state index contributed by atoms with van der Waals surface area (Å²) in [6.45, 7) is 25.2. The lowest BCUT2D eigenvalue weighted by Crippen LogP contribution is -2.51. The van der Waals surface area contributed by atoms with Gasteiger partial charge in [0.05, 0.1) is 16.9 Å². The lowest BCUT2D eigenvalue weighted by Gasteiger charge is -2.44. The number of carbonyl (C=O) groups excluding carboxylic acids is 1. The summed E-state index contributed by atoms with van der Waals surface area (Å²) in [5, 5.41) is 12.2. The second kappa shape index (κ2) is 17.7. The summed E-state index contributed by atoms with van der Waals surface area (Å²) in [4.78, 5) is 24.0. The zero-order chi connectivity index (χ0) is 41.9. The van der Waals surface area contributed by atoms with Gasteiger partial charge in [0, 0.05) is 35.0 Å². The van der Waals surface area contributed by atoms with Gasteiger partial charge in [-0.3, -0.25) is 14.9 Å². The van der Waals surface area contributed by atoms with Gasteiger partial charge >= 0.3 is 5.97 Å². The summed E-state index contributed by atoms with van der Waals surface area (Å²) in [5.41, 5.74) is 2.87.